The van der Waals surface area contributed by atoms with Gasteiger partial charge in [0.2, 0.25) is 5.91 Å². The second-order valence-corrected chi connectivity index (χ2v) is 10.8. The number of hydrogen-bond donors (Lipinski definition) is 0. The van der Waals surface area contributed by atoms with E-state index in [0.717, 1.165) is 25.9 Å². The van der Waals surface area contributed by atoms with Gasteiger partial charge in [-0.2, -0.15) is 0 Å². The molecule has 0 unspecified atom stereocenters. The third kappa shape index (κ3) is 6.00. The zero-order valence-electron chi connectivity index (χ0n) is 18.9. The fraction of sp³-hybridized carbons (Fsp3) is 0.440. The summed E-state index contributed by atoms with van der Waals surface area (Å²) in [6, 6.07) is 15.2. The highest BCUT2D eigenvalue weighted by molar-refractivity contribution is 7.90. The molecule has 7 nitrogen and oxygen atoms in total. The molecule has 2 aromatic carbocycles. The van der Waals surface area contributed by atoms with E-state index < -0.39 is 9.84 Å². The maximum Gasteiger partial charge on any atom is 0.253 e. The van der Waals surface area contributed by atoms with Crippen LogP contribution < -0.4 is 0 Å². The lowest BCUT2D eigenvalue weighted by atomic mass is 10.1. The monoisotopic (exact) mass is 469 g/mol. The summed E-state index contributed by atoms with van der Waals surface area (Å²) in [6.07, 6.45) is 3.36. The number of rotatable bonds is 6. The molecule has 0 radical (unpaired) electrons. The van der Waals surface area contributed by atoms with Crippen molar-refractivity contribution in [2.75, 3.05) is 45.8 Å². The Bertz CT molecular complexity index is 1070. The number of piperazine rings is 1. The van der Waals surface area contributed by atoms with Crippen molar-refractivity contribution in [2.45, 2.75) is 29.9 Å². The number of carbonyl (C=O) groups excluding carboxylic acids is 2. The van der Waals surface area contributed by atoms with Crippen LogP contribution in [0.15, 0.2) is 59.5 Å². The molecule has 2 fully saturated rings. The maximum absolute atomic E-state index is 13.0. The molecule has 2 saturated heterocycles. The largest absolute Gasteiger partial charge is 0.342 e. The predicted molar refractivity (Wildman–Crippen MR) is 127 cm³/mol. The van der Waals surface area contributed by atoms with Gasteiger partial charge in [-0.1, -0.05) is 30.3 Å². The van der Waals surface area contributed by atoms with Gasteiger partial charge in [-0.25, -0.2) is 8.42 Å². The van der Waals surface area contributed by atoms with Gasteiger partial charge in [0.15, 0.2) is 9.84 Å². The van der Waals surface area contributed by atoms with E-state index in [-0.39, 0.29) is 22.5 Å². The molecule has 8 heteroatoms. The summed E-state index contributed by atoms with van der Waals surface area (Å²) in [6.45, 7) is 4.55. The van der Waals surface area contributed by atoms with Gasteiger partial charge in [-0.05, 0) is 49.1 Å². The normalized spacial score (nSPS) is 17.7. The molecule has 0 aromatic heterocycles. The minimum atomic E-state index is -3.48. The van der Waals surface area contributed by atoms with Crippen LogP contribution in [0.1, 0.15) is 35.2 Å². The Balaban J connectivity index is 1.33. The summed E-state index contributed by atoms with van der Waals surface area (Å²) in [5, 5.41) is 0. The SMILES string of the molecule is O=C(CN1CCN(C(=O)c2cccc(CS(=O)(=O)c3ccccc3)c2)CC1)N1CCCCC1. The molecule has 0 N–H and O–H groups in total. The summed E-state index contributed by atoms with van der Waals surface area (Å²) >= 11 is 0. The van der Waals surface area contributed by atoms with Crippen molar-refractivity contribution in [1.82, 2.24) is 14.7 Å². The van der Waals surface area contributed by atoms with Gasteiger partial charge in [0.25, 0.3) is 5.91 Å². The molecule has 0 atom stereocenters. The van der Waals surface area contributed by atoms with Crippen molar-refractivity contribution in [2.24, 2.45) is 0 Å². The Kier molecular flexibility index (Phi) is 7.45. The minimum Gasteiger partial charge on any atom is -0.342 e. The number of sulfone groups is 1. The van der Waals surface area contributed by atoms with Crippen molar-refractivity contribution in [3.05, 3.63) is 65.7 Å². The van der Waals surface area contributed by atoms with Crippen molar-refractivity contribution in [3.8, 4) is 0 Å². The second-order valence-electron chi connectivity index (χ2n) is 8.78. The van der Waals surface area contributed by atoms with E-state index >= 15 is 0 Å². The van der Waals surface area contributed by atoms with E-state index in [1.165, 1.54) is 6.42 Å². The molecule has 2 amide bonds. The highest BCUT2D eigenvalue weighted by Crippen LogP contribution is 2.18. The zero-order chi connectivity index (χ0) is 23.3. The van der Waals surface area contributed by atoms with Crippen LogP contribution in [0.2, 0.25) is 0 Å². The first-order valence-electron chi connectivity index (χ1n) is 11.6. The number of nitrogens with zero attached hydrogens (tertiary/aromatic N) is 3. The molecular formula is C25H31N3O4S. The molecule has 176 valence electrons. The van der Waals surface area contributed by atoms with E-state index in [0.29, 0.717) is 43.9 Å². The highest BCUT2D eigenvalue weighted by atomic mass is 32.2. The zero-order valence-corrected chi connectivity index (χ0v) is 19.7. The summed E-state index contributed by atoms with van der Waals surface area (Å²) in [5.74, 6) is -0.0670. The summed E-state index contributed by atoms with van der Waals surface area (Å²) in [7, 11) is -3.48. The van der Waals surface area contributed by atoms with Crippen LogP contribution >= 0.6 is 0 Å². The van der Waals surface area contributed by atoms with Crippen LogP contribution in [0.3, 0.4) is 0 Å². The molecular weight excluding hydrogens is 438 g/mol. The predicted octanol–water partition coefficient (Wildman–Crippen LogP) is 2.43. The molecule has 33 heavy (non-hydrogen) atoms. The molecule has 2 aliphatic rings. The lowest BCUT2D eigenvalue weighted by Gasteiger charge is -2.36. The van der Waals surface area contributed by atoms with E-state index in [1.807, 2.05) is 4.90 Å². The van der Waals surface area contributed by atoms with E-state index in [1.54, 1.807) is 59.5 Å². The molecule has 0 bridgehead atoms. The third-order valence-corrected chi connectivity index (χ3v) is 8.06. The van der Waals surface area contributed by atoms with Crippen LogP contribution in [0.4, 0.5) is 0 Å². The van der Waals surface area contributed by atoms with Gasteiger partial charge in [0, 0.05) is 44.8 Å². The Labute approximate surface area is 195 Å². The lowest BCUT2D eigenvalue weighted by molar-refractivity contribution is -0.133. The van der Waals surface area contributed by atoms with E-state index in [2.05, 4.69) is 4.90 Å². The van der Waals surface area contributed by atoms with Gasteiger partial charge in [0.05, 0.1) is 17.2 Å². The van der Waals surface area contributed by atoms with Crippen LogP contribution in [0.25, 0.3) is 0 Å². The topological polar surface area (TPSA) is 78.0 Å². The maximum atomic E-state index is 13.0. The van der Waals surface area contributed by atoms with Crippen LogP contribution in [-0.2, 0) is 20.4 Å². The van der Waals surface area contributed by atoms with Crippen LogP contribution in [0, 0.1) is 0 Å². The lowest BCUT2D eigenvalue weighted by Crippen LogP contribution is -2.52. The smallest absolute Gasteiger partial charge is 0.253 e. The number of hydrogen-bond acceptors (Lipinski definition) is 5. The number of likely N-dealkylation sites (tertiary alicyclic amines) is 1. The summed E-state index contributed by atoms with van der Waals surface area (Å²) in [4.78, 5) is 31.7. The van der Waals surface area contributed by atoms with Crippen LogP contribution in [0.5, 0.6) is 0 Å². The Morgan fingerprint density at radius 2 is 1.45 bits per heavy atom. The average molecular weight is 470 g/mol. The van der Waals surface area contributed by atoms with Crippen molar-refractivity contribution >= 4 is 21.7 Å². The number of amides is 2. The van der Waals surface area contributed by atoms with E-state index in [4.69, 9.17) is 0 Å². The highest BCUT2D eigenvalue weighted by Gasteiger charge is 2.26. The van der Waals surface area contributed by atoms with Gasteiger partial charge < -0.3 is 9.80 Å². The summed E-state index contributed by atoms with van der Waals surface area (Å²) < 4.78 is 25.4. The summed E-state index contributed by atoms with van der Waals surface area (Å²) in [5.41, 5.74) is 1.09. The fourth-order valence-electron chi connectivity index (χ4n) is 4.45. The van der Waals surface area contributed by atoms with Crippen LogP contribution in [-0.4, -0.2) is 80.7 Å². The first kappa shape index (κ1) is 23.4. The molecule has 2 aromatic rings. The van der Waals surface area contributed by atoms with E-state index in [9.17, 15) is 18.0 Å². The number of carbonyl (C=O) groups is 2. The Morgan fingerprint density at radius 1 is 0.758 bits per heavy atom. The standard InChI is InChI=1S/C25H31N3O4S/c29-24(27-12-5-2-6-13-27)19-26-14-16-28(17-15-26)25(30)22-9-7-8-21(18-22)20-33(31,32)23-10-3-1-4-11-23/h1,3-4,7-11,18H,2,5-6,12-17,19-20H2. The Hall–Kier alpha value is -2.71. The molecule has 0 spiro atoms. The first-order valence-corrected chi connectivity index (χ1v) is 13.2. The molecule has 2 aliphatic heterocycles. The molecule has 2 heterocycles. The van der Waals surface area contributed by atoms with Crippen molar-refractivity contribution in [1.29, 1.82) is 0 Å². The van der Waals surface area contributed by atoms with Gasteiger partial charge in [-0.3, -0.25) is 14.5 Å². The molecule has 0 aliphatic carbocycles. The van der Waals surface area contributed by atoms with Gasteiger partial charge in [-0.15, -0.1) is 0 Å². The number of piperidine rings is 1. The van der Waals surface area contributed by atoms with Gasteiger partial charge in [0.1, 0.15) is 0 Å². The molecule has 0 saturated carbocycles. The third-order valence-electron chi connectivity index (χ3n) is 6.36. The second kappa shape index (κ2) is 10.5. The van der Waals surface area contributed by atoms with Crippen molar-refractivity contribution in [3.63, 3.8) is 0 Å². The van der Waals surface area contributed by atoms with Crippen molar-refractivity contribution < 1.29 is 18.0 Å². The first-order chi connectivity index (χ1) is 15.9. The number of benzene rings is 2. The fourth-order valence-corrected chi connectivity index (χ4v) is 5.81. The van der Waals surface area contributed by atoms with Gasteiger partial charge >= 0.3 is 0 Å². The quantitative estimate of drug-likeness (QED) is 0.649. The molecule has 4 rings (SSSR count). The average Bonchev–Trinajstić information content (AvgIpc) is 2.85. The minimum absolute atomic E-state index is 0.101. The Morgan fingerprint density at radius 3 is 2.15 bits per heavy atom.